The third-order valence-electron chi connectivity index (χ3n) is 3.59. The fourth-order valence-electron chi connectivity index (χ4n) is 2.37. The van der Waals surface area contributed by atoms with Crippen LogP contribution in [0.5, 0.6) is 5.75 Å². The van der Waals surface area contributed by atoms with Crippen molar-refractivity contribution in [3.8, 4) is 5.75 Å². The lowest BCUT2D eigenvalue weighted by Gasteiger charge is -2.22. The maximum Gasteiger partial charge on any atom is 0.488 e. The first kappa shape index (κ1) is 16.8. The molecule has 0 aliphatic heterocycles. The van der Waals surface area contributed by atoms with Crippen LogP contribution in [0.1, 0.15) is 0 Å². The van der Waals surface area contributed by atoms with E-state index in [0.29, 0.717) is 22.6 Å². The Morgan fingerprint density at radius 2 is 1.28 bits per heavy atom. The van der Waals surface area contributed by atoms with E-state index in [0.717, 1.165) is 0 Å². The normalized spacial score (nSPS) is 10.2. The molecule has 0 aromatic heterocycles. The summed E-state index contributed by atoms with van der Waals surface area (Å²) in [6, 6.07) is 24.3. The zero-order chi connectivity index (χ0) is 17.6. The van der Waals surface area contributed by atoms with Gasteiger partial charge in [0.25, 0.3) is 0 Å². The molecule has 5 nitrogen and oxygen atoms in total. The number of ether oxygens (including phenoxy) is 1. The number of nitrogens with zero attached hydrogens (tertiary/aromatic N) is 1. The second kappa shape index (κ2) is 7.66. The van der Waals surface area contributed by atoms with Crippen molar-refractivity contribution in [3.05, 3.63) is 84.9 Å². The molecule has 0 aliphatic carbocycles. The van der Waals surface area contributed by atoms with Gasteiger partial charge in [0.2, 0.25) is 0 Å². The third kappa shape index (κ3) is 4.06. The molecule has 0 fully saturated rings. The zero-order valence-corrected chi connectivity index (χ0v) is 13.3. The van der Waals surface area contributed by atoms with Crippen LogP contribution in [0.3, 0.4) is 0 Å². The number of hydrogen-bond donors (Lipinski definition) is 2. The number of rotatable bonds is 4. The molecular formula is C19H16BNO4. The average Bonchev–Trinajstić information content (AvgIpc) is 2.64. The summed E-state index contributed by atoms with van der Waals surface area (Å²) < 4.78 is 5.45. The highest BCUT2D eigenvalue weighted by atomic mass is 16.6. The Morgan fingerprint density at radius 1 is 0.760 bits per heavy atom. The SMILES string of the molecule is O=C(Oc1ccccc1)N(c1ccccc1)c1ccc(B(O)O)cc1. The van der Waals surface area contributed by atoms with Gasteiger partial charge in [-0.25, -0.2) is 9.69 Å². The van der Waals surface area contributed by atoms with Crippen LogP contribution in [-0.2, 0) is 0 Å². The molecule has 0 aliphatic rings. The molecule has 0 saturated carbocycles. The smallest absolute Gasteiger partial charge is 0.423 e. The van der Waals surface area contributed by atoms with Gasteiger partial charge in [-0.15, -0.1) is 0 Å². The van der Waals surface area contributed by atoms with Crippen LogP contribution in [0.25, 0.3) is 0 Å². The molecule has 0 bridgehead atoms. The van der Waals surface area contributed by atoms with E-state index in [1.165, 1.54) is 4.90 Å². The molecule has 0 heterocycles. The summed E-state index contributed by atoms with van der Waals surface area (Å²) in [6.07, 6.45) is -0.560. The molecule has 0 atom stereocenters. The highest BCUT2D eigenvalue weighted by Crippen LogP contribution is 2.26. The van der Waals surface area contributed by atoms with E-state index in [-0.39, 0.29) is 0 Å². The van der Waals surface area contributed by atoms with Crippen molar-refractivity contribution in [2.24, 2.45) is 0 Å². The molecule has 1 amide bonds. The molecule has 124 valence electrons. The molecule has 0 unspecified atom stereocenters. The molecule has 3 rings (SSSR count). The highest BCUT2D eigenvalue weighted by Gasteiger charge is 2.21. The van der Waals surface area contributed by atoms with Crippen molar-refractivity contribution in [1.29, 1.82) is 0 Å². The standard InChI is InChI=1S/C19H16BNO4/c22-19(25-18-9-5-2-6-10-18)21(16-7-3-1-4-8-16)17-13-11-15(12-14-17)20(23)24/h1-14,23-24H. The van der Waals surface area contributed by atoms with E-state index in [4.69, 9.17) is 4.74 Å². The van der Waals surface area contributed by atoms with Gasteiger partial charge < -0.3 is 14.8 Å². The molecule has 0 spiro atoms. The lowest BCUT2D eigenvalue weighted by atomic mass is 9.80. The summed E-state index contributed by atoms with van der Waals surface area (Å²) in [5, 5.41) is 18.4. The molecule has 0 radical (unpaired) electrons. The summed E-state index contributed by atoms with van der Waals surface area (Å²) in [4.78, 5) is 14.2. The maximum atomic E-state index is 12.7. The minimum absolute atomic E-state index is 0.341. The Morgan fingerprint density at radius 3 is 1.84 bits per heavy atom. The lowest BCUT2D eigenvalue weighted by molar-refractivity contribution is 0.210. The Balaban J connectivity index is 1.94. The van der Waals surface area contributed by atoms with Crippen LogP contribution in [0.15, 0.2) is 84.9 Å². The van der Waals surface area contributed by atoms with Crippen LogP contribution in [0, 0.1) is 0 Å². The van der Waals surface area contributed by atoms with Crippen molar-refractivity contribution in [2.45, 2.75) is 0 Å². The van der Waals surface area contributed by atoms with Crippen molar-refractivity contribution in [2.75, 3.05) is 4.90 Å². The Hall–Kier alpha value is -3.09. The number of carbonyl (C=O) groups is 1. The van der Waals surface area contributed by atoms with Gasteiger partial charge in [-0.2, -0.15) is 0 Å². The van der Waals surface area contributed by atoms with Crippen LogP contribution in [-0.4, -0.2) is 23.3 Å². The van der Waals surface area contributed by atoms with Crippen LogP contribution in [0.4, 0.5) is 16.2 Å². The van der Waals surface area contributed by atoms with Crippen LogP contribution < -0.4 is 15.1 Å². The van der Waals surface area contributed by atoms with Gasteiger partial charge in [-0.1, -0.05) is 48.5 Å². The Kier molecular flexibility index (Phi) is 5.13. The minimum atomic E-state index is -1.56. The van der Waals surface area contributed by atoms with E-state index in [1.54, 1.807) is 60.7 Å². The first-order valence-corrected chi connectivity index (χ1v) is 7.73. The van der Waals surface area contributed by atoms with Gasteiger partial charge >= 0.3 is 13.2 Å². The van der Waals surface area contributed by atoms with Gasteiger partial charge in [0.1, 0.15) is 5.75 Å². The first-order chi connectivity index (χ1) is 12.1. The average molecular weight is 333 g/mol. The Bertz CT molecular complexity index is 823. The van der Waals surface area contributed by atoms with Gasteiger partial charge in [0.15, 0.2) is 0 Å². The van der Waals surface area contributed by atoms with Crippen molar-refractivity contribution in [1.82, 2.24) is 0 Å². The van der Waals surface area contributed by atoms with E-state index >= 15 is 0 Å². The second-order valence-corrected chi connectivity index (χ2v) is 5.32. The predicted octanol–water partition coefficient (Wildman–Crippen LogP) is 2.70. The molecule has 6 heteroatoms. The predicted molar refractivity (Wildman–Crippen MR) is 97.3 cm³/mol. The molecule has 2 N–H and O–H groups in total. The summed E-state index contributed by atoms with van der Waals surface area (Å²) in [7, 11) is -1.56. The number of carbonyl (C=O) groups excluding carboxylic acids is 1. The number of para-hydroxylation sites is 2. The maximum absolute atomic E-state index is 12.7. The summed E-state index contributed by atoms with van der Waals surface area (Å²) in [5.74, 6) is 0.441. The molecule has 3 aromatic rings. The monoisotopic (exact) mass is 333 g/mol. The lowest BCUT2D eigenvalue weighted by Crippen LogP contribution is -2.31. The summed E-state index contributed by atoms with van der Waals surface area (Å²) in [5.41, 5.74) is 1.53. The van der Waals surface area contributed by atoms with E-state index < -0.39 is 13.2 Å². The van der Waals surface area contributed by atoms with Crippen LogP contribution in [0.2, 0.25) is 0 Å². The quantitative estimate of drug-likeness (QED) is 0.720. The van der Waals surface area contributed by atoms with E-state index in [9.17, 15) is 14.8 Å². The van der Waals surface area contributed by atoms with Gasteiger partial charge in [0, 0.05) is 0 Å². The highest BCUT2D eigenvalue weighted by molar-refractivity contribution is 6.58. The first-order valence-electron chi connectivity index (χ1n) is 7.73. The fraction of sp³-hybridized carbons (Fsp3) is 0. The van der Waals surface area contributed by atoms with Crippen LogP contribution >= 0.6 is 0 Å². The topological polar surface area (TPSA) is 70.0 Å². The fourth-order valence-corrected chi connectivity index (χ4v) is 2.37. The molecule has 3 aromatic carbocycles. The molecule has 25 heavy (non-hydrogen) atoms. The molecular weight excluding hydrogens is 317 g/mol. The van der Waals surface area contributed by atoms with E-state index in [1.807, 2.05) is 24.3 Å². The van der Waals surface area contributed by atoms with Crippen molar-refractivity contribution >= 4 is 30.0 Å². The second-order valence-electron chi connectivity index (χ2n) is 5.32. The minimum Gasteiger partial charge on any atom is -0.423 e. The zero-order valence-electron chi connectivity index (χ0n) is 13.3. The largest absolute Gasteiger partial charge is 0.488 e. The van der Waals surface area contributed by atoms with Gasteiger partial charge in [-0.05, 0) is 41.9 Å². The van der Waals surface area contributed by atoms with Crippen molar-refractivity contribution in [3.63, 3.8) is 0 Å². The third-order valence-corrected chi connectivity index (χ3v) is 3.59. The Labute approximate surface area is 145 Å². The van der Waals surface area contributed by atoms with Gasteiger partial charge in [0.05, 0.1) is 11.4 Å². The number of amides is 1. The van der Waals surface area contributed by atoms with Crippen molar-refractivity contribution < 1.29 is 19.6 Å². The molecule has 0 saturated heterocycles. The van der Waals surface area contributed by atoms with Gasteiger partial charge in [-0.3, -0.25) is 0 Å². The number of hydrogen-bond acceptors (Lipinski definition) is 4. The summed E-state index contributed by atoms with van der Waals surface area (Å²) >= 11 is 0. The number of benzene rings is 3. The number of anilines is 2. The summed E-state index contributed by atoms with van der Waals surface area (Å²) in [6.45, 7) is 0. The van der Waals surface area contributed by atoms with E-state index in [2.05, 4.69) is 0 Å².